The summed E-state index contributed by atoms with van der Waals surface area (Å²) in [6.45, 7) is 3.17. The van der Waals surface area contributed by atoms with Crippen LogP contribution in [0.2, 0.25) is 0 Å². The number of hydrogen-bond donors (Lipinski definition) is 1. The van der Waals surface area contributed by atoms with Crippen molar-refractivity contribution in [2.75, 3.05) is 4.90 Å². The van der Waals surface area contributed by atoms with Crippen LogP contribution in [-0.4, -0.2) is 16.7 Å². The minimum absolute atomic E-state index is 0.0492. The van der Waals surface area contributed by atoms with Gasteiger partial charge in [-0.1, -0.05) is 18.2 Å². The topological polar surface area (TPSA) is 92.6 Å². The number of nitrogens with zero attached hydrogens (tertiary/aromatic N) is 2. The molecule has 1 atom stereocenters. The average Bonchev–Trinajstić information content (AvgIpc) is 2.61. The number of benzene rings is 2. The summed E-state index contributed by atoms with van der Waals surface area (Å²) in [5, 5.41) is 13.7. The SMILES string of the molecule is CC(=O)C1=C(C)N(c2ccccc2)C(=O)N[C@H]1c1ccc([N+](=O)[O-])cc1. The molecule has 0 aliphatic carbocycles. The van der Waals surface area contributed by atoms with Gasteiger partial charge in [-0.15, -0.1) is 0 Å². The third kappa shape index (κ3) is 3.06. The molecular formula is C19H17N3O4. The van der Waals surface area contributed by atoms with Gasteiger partial charge in [0, 0.05) is 23.4 Å². The van der Waals surface area contributed by atoms with Gasteiger partial charge in [0.15, 0.2) is 5.78 Å². The number of non-ortho nitro benzene ring substituents is 1. The van der Waals surface area contributed by atoms with Crippen LogP contribution in [0.5, 0.6) is 0 Å². The highest BCUT2D eigenvalue weighted by Crippen LogP contribution is 2.34. The molecule has 0 unspecified atom stereocenters. The van der Waals surface area contributed by atoms with Crippen LogP contribution in [0.3, 0.4) is 0 Å². The summed E-state index contributed by atoms with van der Waals surface area (Å²) in [6.07, 6.45) is 0. The Hall–Kier alpha value is -3.48. The van der Waals surface area contributed by atoms with Crippen LogP contribution in [0.1, 0.15) is 25.5 Å². The van der Waals surface area contributed by atoms with Gasteiger partial charge >= 0.3 is 6.03 Å². The van der Waals surface area contributed by atoms with Crippen molar-refractivity contribution in [2.24, 2.45) is 0 Å². The molecule has 7 nitrogen and oxygen atoms in total. The Morgan fingerprint density at radius 2 is 1.73 bits per heavy atom. The fraction of sp³-hybridized carbons (Fsp3) is 0.158. The standard InChI is InChI=1S/C19H17N3O4/c1-12-17(13(2)23)18(14-8-10-16(11-9-14)22(25)26)20-19(24)21(12)15-6-4-3-5-7-15/h3-11,18H,1-2H3,(H,20,24)/t18-/m0/s1. The van der Waals surface area contributed by atoms with Gasteiger partial charge in [0.2, 0.25) is 0 Å². The number of Topliss-reactive ketones (excluding diaryl/α,β-unsaturated/α-hetero) is 1. The predicted molar refractivity (Wildman–Crippen MR) is 96.7 cm³/mol. The van der Waals surface area contributed by atoms with E-state index in [9.17, 15) is 19.7 Å². The van der Waals surface area contributed by atoms with E-state index in [1.807, 2.05) is 18.2 Å². The number of nitrogens with one attached hydrogen (secondary N) is 1. The maximum atomic E-state index is 12.7. The van der Waals surface area contributed by atoms with E-state index in [1.165, 1.54) is 24.0 Å². The molecule has 3 rings (SSSR count). The molecule has 0 spiro atoms. The van der Waals surface area contributed by atoms with E-state index in [0.29, 0.717) is 22.5 Å². The molecule has 132 valence electrons. The van der Waals surface area contributed by atoms with E-state index < -0.39 is 11.0 Å². The van der Waals surface area contributed by atoms with Gasteiger partial charge in [0.1, 0.15) is 0 Å². The number of anilines is 1. The van der Waals surface area contributed by atoms with Gasteiger partial charge in [0.25, 0.3) is 5.69 Å². The summed E-state index contributed by atoms with van der Waals surface area (Å²) in [4.78, 5) is 36.8. The first-order valence-electron chi connectivity index (χ1n) is 8.02. The number of carbonyl (C=O) groups excluding carboxylic acids is 2. The van der Waals surface area contributed by atoms with E-state index >= 15 is 0 Å². The van der Waals surface area contributed by atoms with Crippen LogP contribution in [0.15, 0.2) is 65.9 Å². The number of hydrogen-bond acceptors (Lipinski definition) is 4. The molecule has 0 fully saturated rings. The van der Waals surface area contributed by atoms with E-state index in [2.05, 4.69) is 5.32 Å². The molecule has 2 aromatic carbocycles. The van der Waals surface area contributed by atoms with Crippen LogP contribution in [0.25, 0.3) is 0 Å². The molecule has 0 bridgehead atoms. The molecule has 1 heterocycles. The highest BCUT2D eigenvalue weighted by molar-refractivity contribution is 6.04. The number of carbonyl (C=O) groups is 2. The molecule has 7 heteroatoms. The quantitative estimate of drug-likeness (QED) is 0.671. The zero-order chi connectivity index (χ0) is 18.8. The van der Waals surface area contributed by atoms with Gasteiger partial charge in [-0.05, 0) is 43.7 Å². The monoisotopic (exact) mass is 351 g/mol. The summed E-state index contributed by atoms with van der Waals surface area (Å²) in [5.41, 5.74) is 2.20. The van der Waals surface area contributed by atoms with E-state index in [0.717, 1.165) is 0 Å². The first kappa shape index (κ1) is 17.3. The van der Waals surface area contributed by atoms with E-state index in [-0.39, 0.29) is 17.5 Å². The predicted octanol–water partition coefficient (Wildman–Crippen LogP) is 3.73. The number of amides is 2. The third-order valence-electron chi connectivity index (χ3n) is 4.32. The van der Waals surface area contributed by atoms with Crippen molar-refractivity contribution in [1.82, 2.24) is 5.32 Å². The van der Waals surface area contributed by atoms with Crippen LogP contribution >= 0.6 is 0 Å². The Bertz CT molecular complexity index is 904. The first-order valence-corrected chi connectivity index (χ1v) is 8.02. The highest BCUT2D eigenvalue weighted by atomic mass is 16.6. The maximum absolute atomic E-state index is 12.7. The number of allylic oxidation sites excluding steroid dienone is 1. The van der Waals surface area contributed by atoms with Crippen molar-refractivity contribution >= 4 is 23.2 Å². The number of rotatable bonds is 4. The zero-order valence-electron chi connectivity index (χ0n) is 14.3. The molecule has 2 amide bonds. The van der Waals surface area contributed by atoms with Crippen molar-refractivity contribution < 1.29 is 14.5 Å². The molecule has 1 aliphatic heterocycles. The van der Waals surface area contributed by atoms with E-state index in [4.69, 9.17) is 0 Å². The Kier molecular flexibility index (Phi) is 4.53. The lowest BCUT2D eigenvalue weighted by molar-refractivity contribution is -0.384. The van der Waals surface area contributed by atoms with Gasteiger partial charge < -0.3 is 5.32 Å². The van der Waals surface area contributed by atoms with Gasteiger partial charge in [-0.2, -0.15) is 0 Å². The normalized spacial score (nSPS) is 17.1. The second-order valence-electron chi connectivity index (χ2n) is 5.96. The summed E-state index contributed by atoms with van der Waals surface area (Å²) in [6, 6.07) is 13.8. The lowest BCUT2D eigenvalue weighted by Crippen LogP contribution is -2.47. The number of nitro groups is 1. The second kappa shape index (κ2) is 6.79. The summed E-state index contributed by atoms with van der Waals surface area (Å²) in [7, 11) is 0. The molecule has 0 saturated carbocycles. The third-order valence-corrected chi connectivity index (χ3v) is 4.32. The minimum Gasteiger partial charge on any atom is -0.326 e. The zero-order valence-corrected chi connectivity index (χ0v) is 14.3. The fourth-order valence-electron chi connectivity index (χ4n) is 3.13. The number of nitro benzene ring substituents is 1. The van der Waals surface area contributed by atoms with Gasteiger partial charge in [0.05, 0.1) is 16.7 Å². The Morgan fingerprint density at radius 3 is 2.27 bits per heavy atom. The molecule has 0 saturated heterocycles. The van der Waals surface area contributed by atoms with Crippen molar-refractivity contribution in [3.8, 4) is 0 Å². The highest BCUT2D eigenvalue weighted by Gasteiger charge is 2.34. The van der Waals surface area contributed by atoms with Gasteiger partial charge in [-0.25, -0.2) is 4.79 Å². The molecule has 2 aromatic rings. The molecule has 0 aromatic heterocycles. The summed E-state index contributed by atoms with van der Waals surface area (Å²) < 4.78 is 0. The van der Waals surface area contributed by atoms with Crippen LogP contribution in [0, 0.1) is 10.1 Å². The maximum Gasteiger partial charge on any atom is 0.326 e. The molecule has 1 N–H and O–H groups in total. The van der Waals surface area contributed by atoms with Crippen molar-refractivity contribution in [2.45, 2.75) is 19.9 Å². The summed E-state index contributed by atoms with van der Waals surface area (Å²) in [5.74, 6) is -0.174. The van der Waals surface area contributed by atoms with Crippen LogP contribution in [0.4, 0.5) is 16.2 Å². The lowest BCUT2D eigenvalue weighted by atomic mass is 9.92. The molecule has 1 aliphatic rings. The number of ketones is 1. The molecule has 26 heavy (non-hydrogen) atoms. The fourth-order valence-corrected chi connectivity index (χ4v) is 3.13. The van der Waals surface area contributed by atoms with E-state index in [1.54, 1.807) is 31.2 Å². The summed E-state index contributed by atoms with van der Waals surface area (Å²) >= 11 is 0. The van der Waals surface area contributed by atoms with Gasteiger partial charge in [-0.3, -0.25) is 19.8 Å². The largest absolute Gasteiger partial charge is 0.326 e. The van der Waals surface area contributed by atoms with Crippen molar-refractivity contribution in [1.29, 1.82) is 0 Å². The Morgan fingerprint density at radius 1 is 1.12 bits per heavy atom. The van der Waals surface area contributed by atoms with Crippen molar-refractivity contribution in [3.05, 3.63) is 81.5 Å². The number of urea groups is 1. The molecule has 0 radical (unpaired) electrons. The average molecular weight is 351 g/mol. The minimum atomic E-state index is -0.652. The Labute approximate surface area is 150 Å². The van der Waals surface area contributed by atoms with Crippen molar-refractivity contribution in [3.63, 3.8) is 0 Å². The van der Waals surface area contributed by atoms with Crippen LogP contribution in [-0.2, 0) is 4.79 Å². The van der Waals surface area contributed by atoms with Crippen LogP contribution < -0.4 is 10.2 Å². The molecular weight excluding hydrogens is 334 g/mol. The Balaban J connectivity index is 2.07. The second-order valence-corrected chi connectivity index (χ2v) is 5.96. The number of para-hydroxylation sites is 1. The smallest absolute Gasteiger partial charge is 0.326 e. The first-order chi connectivity index (χ1) is 12.4. The lowest BCUT2D eigenvalue weighted by Gasteiger charge is -2.35.